The summed E-state index contributed by atoms with van der Waals surface area (Å²) >= 11 is 0. The number of hydrogen-bond donors (Lipinski definition) is 2. The van der Waals surface area contributed by atoms with Gasteiger partial charge in [-0.05, 0) is 29.9 Å². The van der Waals surface area contributed by atoms with Crippen molar-refractivity contribution in [2.24, 2.45) is 5.84 Å². The lowest BCUT2D eigenvalue weighted by Crippen LogP contribution is -2.37. The van der Waals surface area contributed by atoms with Gasteiger partial charge in [0.15, 0.2) is 0 Å². The van der Waals surface area contributed by atoms with Gasteiger partial charge in [-0.15, -0.1) is 0 Å². The first-order valence-electron chi connectivity index (χ1n) is 6.43. The highest BCUT2D eigenvalue weighted by molar-refractivity contribution is 5.25. The van der Waals surface area contributed by atoms with Crippen LogP contribution in [-0.4, -0.2) is 12.2 Å². The van der Waals surface area contributed by atoms with Gasteiger partial charge >= 0.3 is 6.18 Å². The molecule has 108 valence electrons. The molecule has 1 unspecified atom stereocenters. The molecule has 0 bridgehead atoms. The van der Waals surface area contributed by atoms with Gasteiger partial charge in [-0.2, -0.15) is 13.2 Å². The van der Waals surface area contributed by atoms with Crippen molar-refractivity contribution >= 4 is 0 Å². The van der Waals surface area contributed by atoms with Crippen LogP contribution in [0.25, 0.3) is 0 Å². The molecule has 0 spiro atoms. The zero-order valence-electron chi connectivity index (χ0n) is 11.3. The molecular weight excluding hydrogens is 253 g/mol. The number of hydrogen-bond acceptors (Lipinski definition) is 2. The van der Waals surface area contributed by atoms with E-state index in [1.165, 1.54) is 5.56 Å². The van der Waals surface area contributed by atoms with Crippen LogP contribution in [-0.2, 0) is 6.42 Å². The van der Waals surface area contributed by atoms with Crippen LogP contribution in [0.3, 0.4) is 0 Å². The van der Waals surface area contributed by atoms with Gasteiger partial charge in [0.25, 0.3) is 0 Å². The molecule has 5 heteroatoms. The van der Waals surface area contributed by atoms with Crippen molar-refractivity contribution in [3.63, 3.8) is 0 Å². The molecule has 0 heterocycles. The normalized spacial score (nSPS) is 13.8. The second-order valence-electron chi connectivity index (χ2n) is 5.12. The minimum atomic E-state index is -4.13. The number of hydrazine groups is 1. The predicted octanol–water partition coefficient (Wildman–Crippen LogP) is 3.53. The van der Waals surface area contributed by atoms with Gasteiger partial charge in [0.05, 0.1) is 0 Å². The van der Waals surface area contributed by atoms with E-state index < -0.39 is 12.6 Å². The van der Waals surface area contributed by atoms with E-state index in [0.29, 0.717) is 12.3 Å². The van der Waals surface area contributed by atoms with E-state index in [2.05, 4.69) is 19.3 Å². The highest BCUT2D eigenvalue weighted by Crippen LogP contribution is 2.23. The Bertz CT molecular complexity index is 371. The first-order chi connectivity index (χ1) is 8.81. The van der Waals surface area contributed by atoms with Crippen LogP contribution in [0, 0.1) is 0 Å². The van der Waals surface area contributed by atoms with Gasteiger partial charge in [-0.25, -0.2) is 0 Å². The number of alkyl halides is 3. The van der Waals surface area contributed by atoms with Crippen LogP contribution in [0.15, 0.2) is 24.3 Å². The van der Waals surface area contributed by atoms with Gasteiger partial charge in [-0.1, -0.05) is 38.1 Å². The quantitative estimate of drug-likeness (QED) is 0.615. The van der Waals surface area contributed by atoms with Crippen LogP contribution < -0.4 is 11.3 Å². The lowest BCUT2D eigenvalue weighted by molar-refractivity contribution is -0.136. The number of nitrogens with one attached hydrogen (secondary N) is 1. The molecule has 0 aliphatic carbocycles. The summed E-state index contributed by atoms with van der Waals surface area (Å²) in [5, 5.41) is 0. The molecule has 0 aliphatic rings. The Morgan fingerprint density at radius 3 is 2.16 bits per heavy atom. The number of halogens is 3. The third-order valence-electron chi connectivity index (χ3n) is 3.14. The summed E-state index contributed by atoms with van der Waals surface area (Å²) in [6.45, 7) is 4.20. The standard InChI is InChI=1S/C14H21F3N2/c1-10(2)12-5-3-11(4-6-12)9-13(19-18)7-8-14(15,16)17/h3-6,10,13,19H,7-9,18H2,1-2H3. The topological polar surface area (TPSA) is 38.0 Å². The van der Waals surface area contributed by atoms with E-state index in [4.69, 9.17) is 5.84 Å². The second kappa shape index (κ2) is 6.91. The van der Waals surface area contributed by atoms with E-state index in [0.717, 1.165) is 5.56 Å². The first-order valence-corrected chi connectivity index (χ1v) is 6.43. The molecule has 3 N–H and O–H groups in total. The largest absolute Gasteiger partial charge is 0.389 e. The number of rotatable bonds is 6. The summed E-state index contributed by atoms with van der Waals surface area (Å²) in [5.74, 6) is 5.76. The molecule has 1 rings (SSSR count). The van der Waals surface area contributed by atoms with E-state index in [1.54, 1.807) is 0 Å². The van der Waals surface area contributed by atoms with Crippen molar-refractivity contribution in [1.29, 1.82) is 0 Å². The Morgan fingerprint density at radius 1 is 1.16 bits per heavy atom. The fourth-order valence-electron chi connectivity index (χ4n) is 1.91. The Morgan fingerprint density at radius 2 is 1.74 bits per heavy atom. The van der Waals surface area contributed by atoms with Crippen molar-refractivity contribution in [1.82, 2.24) is 5.43 Å². The molecule has 1 atom stereocenters. The highest BCUT2D eigenvalue weighted by Gasteiger charge is 2.28. The molecule has 0 saturated heterocycles. The van der Waals surface area contributed by atoms with Gasteiger partial charge < -0.3 is 0 Å². The highest BCUT2D eigenvalue weighted by atomic mass is 19.4. The molecule has 0 aromatic heterocycles. The van der Waals surface area contributed by atoms with Crippen LogP contribution >= 0.6 is 0 Å². The summed E-state index contributed by atoms with van der Waals surface area (Å²) in [7, 11) is 0. The summed E-state index contributed by atoms with van der Waals surface area (Å²) in [6, 6.07) is 7.57. The van der Waals surface area contributed by atoms with Crippen molar-refractivity contribution in [3.8, 4) is 0 Å². The van der Waals surface area contributed by atoms with Crippen molar-refractivity contribution in [2.75, 3.05) is 0 Å². The minimum Gasteiger partial charge on any atom is -0.271 e. The summed E-state index contributed by atoms with van der Waals surface area (Å²) in [4.78, 5) is 0. The molecule has 1 aromatic carbocycles. The first kappa shape index (κ1) is 16.0. The maximum Gasteiger partial charge on any atom is 0.389 e. The monoisotopic (exact) mass is 274 g/mol. The third-order valence-corrected chi connectivity index (χ3v) is 3.14. The van der Waals surface area contributed by atoms with Gasteiger partial charge in [-0.3, -0.25) is 11.3 Å². The average molecular weight is 274 g/mol. The van der Waals surface area contributed by atoms with Gasteiger partial charge in [0.2, 0.25) is 0 Å². The molecular formula is C14H21F3N2. The smallest absolute Gasteiger partial charge is 0.271 e. The average Bonchev–Trinajstić information content (AvgIpc) is 2.34. The number of benzene rings is 1. The predicted molar refractivity (Wildman–Crippen MR) is 70.6 cm³/mol. The van der Waals surface area contributed by atoms with E-state index in [-0.39, 0.29) is 12.5 Å². The molecule has 0 saturated carbocycles. The molecule has 0 fully saturated rings. The fourth-order valence-corrected chi connectivity index (χ4v) is 1.91. The van der Waals surface area contributed by atoms with Crippen LogP contribution in [0.2, 0.25) is 0 Å². The summed E-state index contributed by atoms with van der Waals surface area (Å²) in [5.41, 5.74) is 4.67. The third kappa shape index (κ3) is 6.07. The molecule has 2 nitrogen and oxygen atoms in total. The molecule has 0 aliphatic heterocycles. The van der Waals surface area contributed by atoms with Crippen molar-refractivity contribution < 1.29 is 13.2 Å². The summed E-state index contributed by atoms with van der Waals surface area (Å²) < 4.78 is 36.5. The maximum absolute atomic E-state index is 12.2. The lowest BCUT2D eigenvalue weighted by atomic mass is 9.98. The number of nitrogens with two attached hydrogens (primary N) is 1. The molecule has 0 amide bonds. The van der Waals surface area contributed by atoms with Crippen LogP contribution in [0.1, 0.15) is 43.7 Å². The zero-order chi connectivity index (χ0) is 14.5. The van der Waals surface area contributed by atoms with E-state index in [9.17, 15) is 13.2 Å². The maximum atomic E-state index is 12.2. The second-order valence-corrected chi connectivity index (χ2v) is 5.12. The lowest BCUT2D eigenvalue weighted by Gasteiger charge is -2.17. The van der Waals surface area contributed by atoms with Crippen LogP contribution in [0.5, 0.6) is 0 Å². The van der Waals surface area contributed by atoms with Gasteiger partial charge in [0, 0.05) is 12.5 Å². The molecule has 1 aromatic rings. The summed E-state index contributed by atoms with van der Waals surface area (Å²) in [6.07, 6.45) is -4.45. The van der Waals surface area contributed by atoms with Gasteiger partial charge in [0.1, 0.15) is 0 Å². The van der Waals surface area contributed by atoms with Crippen molar-refractivity contribution in [2.45, 2.75) is 51.2 Å². The SMILES string of the molecule is CC(C)c1ccc(CC(CCC(F)(F)F)NN)cc1. The molecule has 0 radical (unpaired) electrons. The Balaban J connectivity index is 2.55. The minimum absolute atomic E-state index is 0.00800. The Kier molecular flexibility index (Phi) is 5.82. The molecule has 19 heavy (non-hydrogen) atoms. The van der Waals surface area contributed by atoms with E-state index in [1.807, 2.05) is 24.3 Å². The van der Waals surface area contributed by atoms with Crippen molar-refractivity contribution in [3.05, 3.63) is 35.4 Å². The van der Waals surface area contributed by atoms with E-state index >= 15 is 0 Å². The zero-order valence-corrected chi connectivity index (χ0v) is 11.3. The Labute approximate surface area is 112 Å². The van der Waals surface area contributed by atoms with Crippen LogP contribution in [0.4, 0.5) is 13.2 Å². The fraction of sp³-hybridized carbons (Fsp3) is 0.571. The Hall–Kier alpha value is -1.07.